The summed E-state index contributed by atoms with van der Waals surface area (Å²) in [6.45, 7) is 2.04. The number of benzene rings is 1. The summed E-state index contributed by atoms with van der Waals surface area (Å²) in [5.74, 6) is -0.868. The van der Waals surface area contributed by atoms with Gasteiger partial charge in [-0.3, -0.25) is 9.59 Å². The zero-order chi connectivity index (χ0) is 14.0. The van der Waals surface area contributed by atoms with Crippen LogP contribution in [0.2, 0.25) is 5.02 Å². The maximum absolute atomic E-state index is 12.4. The SMILES string of the molecule is Cc1cccc(C(=O)N(CC(=O)O)CC2CC2)c1Cl. The third kappa shape index (κ3) is 3.47. The summed E-state index contributed by atoms with van der Waals surface area (Å²) in [4.78, 5) is 24.6. The first-order valence-corrected chi connectivity index (χ1v) is 6.63. The van der Waals surface area contributed by atoms with Crippen LogP contribution in [-0.2, 0) is 4.79 Å². The lowest BCUT2D eigenvalue weighted by atomic mass is 10.1. The van der Waals surface area contributed by atoms with Crippen molar-refractivity contribution in [2.45, 2.75) is 19.8 Å². The third-order valence-corrected chi connectivity index (χ3v) is 3.71. The van der Waals surface area contributed by atoms with E-state index < -0.39 is 5.97 Å². The maximum atomic E-state index is 12.4. The monoisotopic (exact) mass is 281 g/mol. The van der Waals surface area contributed by atoms with Gasteiger partial charge in [0.05, 0.1) is 10.6 Å². The lowest BCUT2D eigenvalue weighted by Crippen LogP contribution is -2.37. The molecule has 4 nitrogen and oxygen atoms in total. The molecule has 0 heterocycles. The molecule has 5 heteroatoms. The highest BCUT2D eigenvalue weighted by Gasteiger charge is 2.29. The Morgan fingerprint density at radius 2 is 2.11 bits per heavy atom. The van der Waals surface area contributed by atoms with Gasteiger partial charge < -0.3 is 10.0 Å². The minimum atomic E-state index is -1.00. The number of nitrogens with zero attached hydrogens (tertiary/aromatic N) is 1. The Hall–Kier alpha value is -1.55. The van der Waals surface area contributed by atoms with Gasteiger partial charge in [-0.05, 0) is 37.3 Å². The van der Waals surface area contributed by atoms with Crippen molar-refractivity contribution in [2.24, 2.45) is 5.92 Å². The van der Waals surface area contributed by atoms with E-state index in [-0.39, 0.29) is 12.5 Å². The van der Waals surface area contributed by atoms with Crippen molar-refractivity contribution >= 4 is 23.5 Å². The van der Waals surface area contributed by atoms with Gasteiger partial charge in [-0.1, -0.05) is 23.7 Å². The molecular formula is C14H16ClNO3. The van der Waals surface area contributed by atoms with Crippen molar-refractivity contribution in [1.82, 2.24) is 4.90 Å². The van der Waals surface area contributed by atoms with E-state index in [1.807, 2.05) is 13.0 Å². The fourth-order valence-electron chi connectivity index (χ4n) is 1.98. The number of carbonyl (C=O) groups is 2. The Bertz CT molecular complexity index is 511. The van der Waals surface area contributed by atoms with E-state index in [9.17, 15) is 9.59 Å². The Morgan fingerprint density at radius 3 is 2.68 bits per heavy atom. The second-order valence-corrected chi connectivity index (χ2v) is 5.34. The first kappa shape index (κ1) is 13.9. The van der Waals surface area contributed by atoms with Gasteiger partial charge in [-0.2, -0.15) is 0 Å². The molecule has 1 aliphatic rings. The standard InChI is InChI=1S/C14H16ClNO3/c1-9-3-2-4-11(13(9)15)14(19)16(8-12(17)18)7-10-5-6-10/h2-4,10H,5-8H2,1H3,(H,17,18). The van der Waals surface area contributed by atoms with E-state index in [0.29, 0.717) is 23.0 Å². The van der Waals surface area contributed by atoms with Crippen molar-refractivity contribution in [3.8, 4) is 0 Å². The van der Waals surface area contributed by atoms with Crippen LogP contribution in [0, 0.1) is 12.8 Å². The molecule has 0 saturated heterocycles. The smallest absolute Gasteiger partial charge is 0.323 e. The predicted octanol–water partition coefficient (Wildman–Crippen LogP) is 2.59. The molecule has 0 bridgehead atoms. The van der Waals surface area contributed by atoms with Crippen molar-refractivity contribution in [3.05, 3.63) is 34.3 Å². The molecule has 19 heavy (non-hydrogen) atoms. The number of carboxylic acids is 1. The zero-order valence-corrected chi connectivity index (χ0v) is 11.5. The topological polar surface area (TPSA) is 57.6 Å². The van der Waals surface area contributed by atoms with E-state index >= 15 is 0 Å². The van der Waals surface area contributed by atoms with E-state index in [1.165, 1.54) is 4.90 Å². The summed E-state index contributed by atoms with van der Waals surface area (Å²) in [6, 6.07) is 5.21. The molecule has 1 amide bonds. The Labute approximate surface area is 117 Å². The fourth-order valence-corrected chi connectivity index (χ4v) is 2.18. The Kier molecular flexibility index (Phi) is 4.10. The number of rotatable bonds is 5. The number of aryl methyl sites for hydroxylation is 1. The third-order valence-electron chi connectivity index (χ3n) is 3.21. The second kappa shape index (κ2) is 5.61. The summed E-state index contributed by atoms with van der Waals surface area (Å²) in [6.07, 6.45) is 2.12. The van der Waals surface area contributed by atoms with Gasteiger partial charge in [0.15, 0.2) is 0 Å². The molecule has 1 aliphatic carbocycles. The zero-order valence-electron chi connectivity index (χ0n) is 10.7. The number of hydrogen-bond acceptors (Lipinski definition) is 2. The van der Waals surface area contributed by atoms with Gasteiger partial charge in [0.25, 0.3) is 5.91 Å². The van der Waals surface area contributed by atoms with Crippen LogP contribution in [0.1, 0.15) is 28.8 Å². The normalized spacial score (nSPS) is 14.2. The van der Waals surface area contributed by atoms with Gasteiger partial charge in [0.1, 0.15) is 6.54 Å². The number of amides is 1. The van der Waals surface area contributed by atoms with Crippen molar-refractivity contribution in [1.29, 1.82) is 0 Å². The van der Waals surface area contributed by atoms with Gasteiger partial charge in [0, 0.05) is 6.54 Å². The van der Waals surface area contributed by atoms with Crippen LogP contribution in [-0.4, -0.2) is 35.0 Å². The second-order valence-electron chi connectivity index (χ2n) is 4.96. The number of halogens is 1. The molecule has 1 aromatic carbocycles. The molecule has 2 rings (SSSR count). The summed E-state index contributed by atoms with van der Waals surface area (Å²) >= 11 is 6.13. The van der Waals surface area contributed by atoms with Crippen LogP contribution in [0.4, 0.5) is 0 Å². The maximum Gasteiger partial charge on any atom is 0.323 e. The highest BCUT2D eigenvalue weighted by Crippen LogP contribution is 2.31. The van der Waals surface area contributed by atoms with E-state index in [0.717, 1.165) is 18.4 Å². The molecule has 1 fully saturated rings. The van der Waals surface area contributed by atoms with Crippen molar-refractivity contribution in [2.75, 3.05) is 13.1 Å². The molecule has 102 valence electrons. The molecule has 1 aromatic rings. The molecule has 0 unspecified atom stereocenters. The Balaban J connectivity index is 2.21. The first-order valence-electron chi connectivity index (χ1n) is 6.25. The molecule has 0 spiro atoms. The molecule has 1 saturated carbocycles. The summed E-state index contributed by atoms with van der Waals surface area (Å²) in [7, 11) is 0. The average Bonchev–Trinajstić information content (AvgIpc) is 3.14. The quantitative estimate of drug-likeness (QED) is 0.902. The number of hydrogen-bond donors (Lipinski definition) is 1. The molecule has 0 aliphatic heterocycles. The van der Waals surface area contributed by atoms with Gasteiger partial charge in [-0.25, -0.2) is 0 Å². The number of carbonyl (C=O) groups excluding carboxylic acids is 1. The van der Waals surface area contributed by atoms with Gasteiger partial charge in [-0.15, -0.1) is 0 Å². The largest absolute Gasteiger partial charge is 0.480 e. The first-order chi connectivity index (χ1) is 8.99. The van der Waals surface area contributed by atoms with Crippen LogP contribution < -0.4 is 0 Å². The van der Waals surface area contributed by atoms with Crippen LogP contribution in [0.5, 0.6) is 0 Å². The van der Waals surface area contributed by atoms with Crippen molar-refractivity contribution < 1.29 is 14.7 Å². The number of aliphatic carboxylic acids is 1. The minimum Gasteiger partial charge on any atom is -0.480 e. The minimum absolute atomic E-state index is 0.278. The fraction of sp³-hybridized carbons (Fsp3) is 0.429. The van der Waals surface area contributed by atoms with Crippen LogP contribution in [0.15, 0.2) is 18.2 Å². The highest BCUT2D eigenvalue weighted by atomic mass is 35.5. The number of carboxylic acid groups (broad SMARTS) is 1. The van der Waals surface area contributed by atoms with Crippen LogP contribution >= 0.6 is 11.6 Å². The highest BCUT2D eigenvalue weighted by molar-refractivity contribution is 6.34. The summed E-state index contributed by atoms with van der Waals surface area (Å²) in [5.41, 5.74) is 1.19. The van der Waals surface area contributed by atoms with E-state index in [4.69, 9.17) is 16.7 Å². The van der Waals surface area contributed by atoms with Crippen molar-refractivity contribution in [3.63, 3.8) is 0 Å². The predicted molar refractivity (Wildman–Crippen MR) is 72.5 cm³/mol. The molecule has 0 atom stereocenters. The molecular weight excluding hydrogens is 266 g/mol. The lowest BCUT2D eigenvalue weighted by molar-refractivity contribution is -0.137. The average molecular weight is 282 g/mol. The van der Waals surface area contributed by atoms with E-state index in [1.54, 1.807) is 12.1 Å². The van der Waals surface area contributed by atoms with Gasteiger partial charge >= 0.3 is 5.97 Å². The lowest BCUT2D eigenvalue weighted by Gasteiger charge is -2.21. The summed E-state index contributed by atoms with van der Waals surface area (Å²) < 4.78 is 0. The molecule has 0 radical (unpaired) electrons. The molecule has 1 N–H and O–H groups in total. The summed E-state index contributed by atoms with van der Waals surface area (Å²) in [5, 5.41) is 9.31. The Morgan fingerprint density at radius 1 is 1.42 bits per heavy atom. The van der Waals surface area contributed by atoms with E-state index in [2.05, 4.69) is 0 Å². The van der Waals surface area contributed by atoms with Gasteiger partial charge in [0.2, 0.25) is 0 Å². The van der Waals surface area contributed by atoms with Crippen LogP contribution in [0.3, 0.4) is 0 Å². The molecule has 0 aromatic heterocycles. The van der Waals surface area contributed by atoms with Crippen LogP contribution in [0.25, 0.3) is 0 Å².